The van der Waals surface area contributed by atoms with Gasteiger partial charge in [0.15, 0.2) is 0 Å². The summed E-state index contributed by atoms with van der Waals surface area (Å²) in [5.41, 5.74) is 5.27. The van der Waals surface area contributed by atoms with Crippen LogP contribution in [-0.4, -0.2) is 21.8 Å². The fraction of sp³-hybridized carbons (Fsp3) is 0.571. The summed E-state index contributed by atoms with van der Waals surface area (Å²) in [6.07, 6.45) is 1.14. The Bertz CT molecular complexity index is 286. The zero-order chi connectivity index (χ0) is 9.68. The van der Waals surface area contributed by atoms with Gasteiger partial charge in [0, 0.05) is 18.0 Å². The van der Waals surface area contributed by atoms with Gasteiger partial charge in [0.2, 0.25) is 11.0 Å². The van der Waals surface area contributed by atoms with E-state index in [1.807, 2.05) is 0 Å². The van der Waals surface area contributed by atoms with Gasteiger partial charge >= 0.3 is 0 Å². The molecule has 0 aliphatic rings. The Hall–Kier alpha value is -1.01. The van der Waals surface area contributed by atoms with Crippen molar-refractivity contribution in [3.05, 3.63) is 5.82 Å². The van der Waals surface area contributed by atoms with E-state index in [0.29, 0.717) is 30.3 Å². The Kier molecular flexibility index (Phi) is 3.78. The second kappa shape index (κ2) is 4.88. The van der Waals surface area contributed by atoms with Crippen molar-refractivity contribution in [3.8, 4) is 0 Å². The molecule has 0 spiro atoms. The molecule has 0 aliphatic carbocycles. The molecule has 1 amide bonds. The van der Waals surface area contributed by atoms with Gasteiger partial charge in [-0.3, -0.25) is 4.79 Å². The summed E-state index contributed by atoms with van der Waals surface area (Å²) >= 11 is 1.19. The summed E-state index contributed by atoms with van der Waals surface area (Å²) in [4.78, 5) is 15.2. The van der Waals surface area contributed by atoms with Gasteiger partial charge in [0.1, 0.15) is 5.82 Å². The Balaban J connectivity index is 2.36. The number of hydrogen-bond acceptors (Lipinski definition) is 5. The third kappa shape index (κ3) is 3.47. The number of carbonyl (C=O) groups excluding carboxylic acids is 1. The molecule has 0 unspecified atom stereocenters. The third-order valence-electron chi connectivity index (χ3n) is 1.38. The van der Waals surface area contributed by atoms with Gasteiger partial charge in [-0.05, 0) is 19.9 Å². The lowest BCUT2D eigenvalue weighted by Gasteiger charge is -1.98. The number of nitrogens with zero attached hydrogens (tertiary/aromatic N) is 2. The summed E-state index contributed by atoms with van der Waals surface area (Å²) in [5, 5.41) is 3.20. The summed E-state index contributed by atoms with van der Waals surface area (Å²) in [5.74, 6) is 0.626. The van der Waals surface area contributed by atoms with Crippen molar-refractivity contribution in [3.63, 3.8) is 0 Å². The number of rotatable bonds is 4. The van der Waals surface area contributed by atoms with E-state index >= 15 is 0 Å². The van der Waals surface area contributed by atoms with Gasteiger partial charge in [0.05, 0.1) is 0 Å². The zero-order valence-electron chi connectivity index (χ0n) is 7.41. The molecule has 13 heavy (non-hydrogen) atoms. The van der Waals surface area contributed by atoms with Gasteiger partial charge in [-0.25, -0.2) is 4.98 Å². The Labute approximate surface area is 80.5 Å². The smallest absolute Gasteiger partial charge is 0.226 e. The van der Waals surface area contributed by atoms with Crippen LogP contribution in [0.25, 0.3) is 0 Å². The molecule has 0 radical (unpaired) electrons. The number of hydrogen-bond donors (Lipinski definition) is 2. The molecule has 1 aromatic heterocycles. The molecule has 6 heteroatoms. The summed E-state index contributed by atoms with van der Waals surface area (Å²) < 4.78 is 3.94. The molecule has 0 aliphatic heterocycles. The number of amides is 1. The lowest BCUT2D eigenvalue weighted by molar-refractivity contribution is -0.116. The van der Waals surface area contributed by atoms with Crippen LogP contribution in [0.1, 0.15) is 18.7 Å². The molecule has 1 heterocycles. The largest absolute Gasteiger partial charge is 0.330 e. The molecule has 1 aromatic rings. The first-order valence-corrected chi connectivity index (χ1v) is 4.80. The second-order valence-corrected chi connectivity index (χ2v) is 3.34. The SMILES string of the molecule is Cc1nsc(NC(=O)CCCN)n1. The molecule has 0 saturated heterocycles. The predicted molar refractivity (Wildman–Crippen MR) is 51.6 cm³/mol. The van der Waals surface area contributed by atoms with E-state index in [1.165, 1.54) is 11.5 Å². The second-order valence-electron chi connectivity index (χ2n) is 2.59. The predicted octanol–water partition coefficient (Wildman–Crippen LogP) is 0.524. The summed E-state index contributed by atoms with van der Waals surface area (Å²) in [7, 11) is 0. The van der Waals surface area contributed by atoms with Gasteiger partial charge in [-0.2, -0.15) is 4.37 Å². The standard InChI is InChI=1S/C7H12N4OS/c1-5-9-7(13-11-5)10-6(12)3-2-4-8/h2-4,8H2,1H3,(H,9,10,11,12). The lowest BCUT2D eigenvalue weighted by Crippen LogP contribution is -2.13. The molecule has 0 bridgehead atoms. The van der Waals surface area contributed by atoms with E-state index in [4.69, 9.17) is 5.73 Å². The number of nitrogens with two attached hydrogens (primary N) is 1. The van der Waals surface area contributed by atoms with E-state index in [0.717, 1.165) is 0 Å². The first-order chi connectivity index (χ1) is 6.22. The van der Waals surface area contributed by atoms with Gasteiger partial charge in [-0.1, -0.05) is 0 Å². The molecular formula is C7H12N4OS. The number of nitrogens with one attached hydrogen (secondary N) is 1. The van der Waals surface area contributed by atoms with Gasteiger partial charge < -0.3 is 11.1 Å². The minimum atomic E-state index is -0.0541. The van der Waals surface area contributed by atoms with Crippen LogP contribution in [-0.2, 0) is 4.79 Å². The summed E-state index contributed by atoms with van der Waals surface area (Å²) in [6.45, 7) is 2.31. The van der Waals surface area contributed by atoms with Crippen molar-refractivity contribution in [1.82, 2.24) is 9.36 Å². The maximum Gasteiger partial charge on any atom is 0.226 e. The highest BCUT2D eigenvalue weighted by Crippen LogP contribution is 2.10. The highest BCUT2D eigenvalue weighted by molar-refractivity contribution is 7.09. The molecule has 0 atom stereocenters. The number of carbonyl (C=O) groups is 1. The third-order valence-corrected chi connectivity index (χ3v) is 2.10. The van der Waals surface area contributed by atoms with Crippen LogP contribution in [0.5, 0.6) is 0 Å². The van der Waals surface area contributed by atoms with Crippen molar-refractivity contribution in [2.75, 3.05) is 11.9 Å². The maximum atomic E-state index is 11.2. The van der Waals surface area contributed by atoms with Crippen molar-refractivity contribution in [2.24, 2.45) is 5.73 Å². The van der Waals surface area contributed by atoms with Crippen LogP contribution in [0.4, 0.5) is 5.13 Å². The first kappa shape index (κ1) is 10.1. The quantitative estimate of drug-likeness (QED) is 0.742. The van der Waals surface area contributed by atoms with Crippen molar-refractivity contribution >= 4 is 22.6 Å². The highest BCUT2D eigenvalue weighted by atomic mass is 32.1. The molecule has 0 fully saturated rings. The summed E-state index contributed by atoms with van der Waals surface area (Å²) in [6, 6.07) is 0. The van der Waals surface area contributed by atoms with E-state index in [1.54, 1.807) is 6.92 Å². The molecular weight excluding hydrogens is 188 g/mol. The monoisotopic (exact) mass is 200 g/mol. The Morgan fingerprint density at radius 1 is 1.69 bits per heavy atom. The first-order valence-electron chi connectivity index (χ1n) is 4.02. The van der Waals surface area contributed by atoms with E-state index in [2.05, 4.69) is 14.7 Å². The van der Waals surface area contributed by atoms with E-state index < -0.39 is 0 Å². The average molecular weight is 200 g/mol. The minimum absolute atomic E-state index is 0.0541. The van der Waals surface area contributed by atoms with Gasteiger partial charge in [0.25, 0.3) is 0 Å². The molecule has 0 aromatic carbocycles. The van der Waals surface area contributed by atoms with Crippen molar-refractivity contribution in [2.45, 2.75) is 19.8 Å². The Morgan fingerprint density at radius 2 is 2.46 bits per heavy atom. The topological polar surface area (TPSA) is 80.9 Å². The molecule has 72 valence electrons. The number of aryl methyl sites for hydroxylation is 1. The lowest BCUT2D eigenvalue weighted by atomic mass is 10.3. The fourth-order valence-corrected chi connectivity index (χ4v) is 1.38. The van der Waals surface area contributed by atoms with Gasteiger partial charge in [-0.15, -0.1) is 0 Å². The zero-order valence-corrected chi connectivity index (χ0v) is 8.23. The van der Waals surface area contributed by atoms with Crippen molar-refractivity contribution < 1.29 is 4.79 Å². The van der Waals surface area contributed by atoms with Crippen LogP contribution in [0.2, 0.25) is 0 Å². The highest BCUT2D eigenvalue weighted by Gasteiger charge is 2.04. The van der Waals surface area contributed by atoms with Crippen LogP contribution in [0.15, 0.2) is 0 Å². The van der Waals surface area contributed by atoms with Crippen molar-refractivity contribution in [1.29, 1.82) is 0 Å². The van der Waals surface area contributed by atoms with E-state index in [-0.39, 0.29) is 5.91 Å². The van der Waals surface area contributed by atoms with E-state index in [9.17, 15) is 4.79 Å². The van der Waals surface area contributed by atoms with Crippen LogP contribution < -0.4 is 11.1 Å². The van der Waals surface area contributed by atoms with Crippen LogP contribution >= 0.6 is 11.5 Å². The normalized spacial score (nSPS) is 10.0. The number of anilines is 1. The maximum absolute atomic E-state index is 11.2. The molecule has 5 nitrogen and oxygen atoms in total. The molecule has 0 saturated carbocycles. The fourth-order valence-electron chi connectivity index (χ4n) is 0.792. The minimum Gasteiger partial charge on any atom is -0.330 e. The number of aromatic nitrogens is 2. The Morgan fingerprint density at radius 3 is 3.00 bits per heavy atom. The van der Waals surface area contributed by atoms with Crippen LogP contribution in [0, 0.1) is 6.92 Å². The molecule has 3 N–H and O–H groups in total. The van der Waals surface area contributed by atoms with Crippen LogP contribution in [0.3, 0.4) is 0 Å². The molecule has 1 rings (SSSR count). The average Bonchev–Trinajstić information content (AvgIpc) is 2.48.